The highest BCUT2D eigenvalue weighted by molar-refractivity contribution is 5.78. The van der Waals surface area contributed by atoms with Crippen LogP contribution in [0.2, 0.25) is 0 Å². The molecule has 14 heavy (non-hydrogen) atoms. The number of likely N-dealkylation sites (tertiary alicyclic amines) is 1. The molecule has 0 spiro atoms. The van der Waals surface area contributed by atoms with Crippen molar-refractivity contribution >= 4 is 5.91 Å². The van der Waals surface area contributed by atoms with E-state index in [1.807, 2.05) is 0 Å². The monoisotopic (exact) mass is 208 g/mol. The number of rotatable bonds is 3. The molecule has 1 atom stereocenters. The van der Waals surface area contributed by atoms with Crippen LogP contribution in [0, 0.1) is 0 Å². The minimum absolute atomic E-state index is 0.126. The molecule has 82 valence electrons. The Morgan fingerprint density at radius 3 is 2.86 bits per heavy atom. The number of hydrogen-bond acceptors (Lipinski definition) is 3. The van der Waals surface area contributed by atoms with Crippen molar-refractivity contribution in [2.75, 3.05) is 26.8 Å². The summed E-state index contributed by atoms with van der Waals surface area (Å²) in [6.45, 7) is -0.658. The van der Waals surface area contributed by atoms with Gasteiger partial charge in [0.2, 0.25) is 5.91 Å². The van der Waals surface area contributed by atoms with Gasteiger partial charge in [0.05, 0.1) is 25.7 Å². The van der Waals surface area contributed by atoms with E-state index < -0.39 is 24.4 Å². The Morgan fingerprint density at radius 1 is 1.71 bits per heavy atom. The second-order valence-electron chi connectivity index (χ2n) is 3.40. The zero-order valence-electron chi connectivity index (χ0n) is 8.00. The summed E-state index contributed by atoms with van der Waals surface area (Å²) >= 11 is 0. The molecule has 1 rings (SSSR count). The summed E-state index contributed by atoms with van der Waals surface area (Å²) in [5, 5.41) is 0. The first-order valence-corrected chi connectivity index (χ1v) is 4.36. The number of halogens is 2. The molecule has 0 saturated carbocycles. The molecule has 1 saturated heterocycles. The number of carbonyl (C=O) groups is 1. The minimum atomic E-state index is -2.81. The zero-order chi connectivity index (χ0) is 10.8. The average Bonchev–Trinajstić information content (AvgIpc) is 2.41. The van der Waals surface area contributed by atoms with Gasteiger partial charge in [0.1, 0.15) is 0 Å². The van der Waals surface area contributed by atoms with Gasteiger partial charge in [-0.15, -0.1) is 0 Å². The van der Waals surface area contributed by atoms with Crippen LogP contribution in [0.1, 0.15) is 6.42 Å². The van der Waals surface area contributed by atoms with E-state index in [4.69, 9.17) is 10.5 Å². The fraction of sp³-hybridized carbons (Fsp3) is 0.875. The average molecular weight is 208 g/mol. The molecule has 0 aliphatic carbocycles. The van der Waals surface area contributed by atoms with Crippen LogP contribution in [0.5, 0.6) is 0 Å². The summed E-state index contributed by atoms with van der Waals surface area (Å²) in [7, 11) is 1.42. The van der Waals surface area contributed by atoms with Gasteiger partial charge in [-0.3, -0.25) is 4.79 Å². The van der Waals surface area contributed by atoms with E-state index in [9.17, 15) is 13.6 Å². The molecule has 0 aromatic rings. The van der Waals surface area contributed by atoms with E-state index in [1.165, 1.54) is 7.11 Å². The second-order valence-corrected chi connectivity index (χ2v) is 3.40. The minimum Gasteiger partial charge on any atom is -0.383 e. The number of amides is 1. The molecule has 0 unspecified atom stereocenters. The van der Waals surface area contributed by atoms with Crippen molar-refractivity contribution in [3.8, 4) is 0 Å². The summed E-state index contributed by atoms with van der Waals surface area (Å²) in [5.41, 5.74) is 5.12. The van der Waals surface area contributed by atoms with Crippen molar-refractivity contribution in [3.63, 3.8) is 0 Å². The van der Waals surface area contributed by atoms with Gasteiger partial charge in [0.25, 0.3) is 5.92 Å². The molecule has 0 aromatic carbocycles. The Balaban J connectivity index is 2.67. The lowest BCUT2D eigenvalue weighted by molar-refractivity contribution is -0.132. The normalized spacial score (nSPS) is 25.4. The standard InChI is InChI=1S/C8H14F2N2O2/c1-14-4-6-2-8(9,10)5-12(6)7(13)3-11/h6H,2-5,11H2,1H3/t6-/m1/s1. The molecule has 6 heteroatoms. The van der Waals surface area contributed by atoms with Crippen LogP contribution in [0.3, 0.4) is 0 Å². The van der Waals surface area contributed by atoms with Crippen LogP contribution in [-0.2, 0) is 9.53 Å². The third kappa shape index (κ3) is 2.39. The van der Waals surface area contributed by atoms with Crippen LogP contribution in [0.4, 0.5) is 8.78 Å². The highest BCUT2D eigenvalue weighted by Gasteiger charge is 2.46. The van der Waals surface area contributed by atoms with Crippen molar-refractivity contribution < 1.29 is 18.3 Å². The van der Waals surface area contributed by atoms with Crippen LogP contribution in [0.25, 0.3) is 0 Å². The van der Waals surface area contributed by atoms with E-state index in [2.05, 4.69) is 0 Å². The predicted octanol–water partition coefficient (Wildman–Crippen LogP) is -0.172. The molecule has 1 aliphatic rings. The molecule has 0 radical (unpaired) electrons. The van der Waals surface area contributed by atoms with Crippen LogP contribution < -0.4 is 5.73 Å². The quantitative estimate of drug-likeness (QED) is 0.700. The molecule has 4 nitrogen and oxygen atoms in total. The summed E-state index contributed by atoms with van der Waals surface area (Å²) in [6, 6.07) is -0.550. The van der Waals surface area contributed by atoms with Gasteiger partial charge in [0.15, 0.2) is 0 Å². The van der Waals surface area contributed by atoms with Crippen LogP contribution in [-0.4, -0.2) is 49.6 Å². The Labute approximate surface area is 81.0 Å². The van der Waals surface area contributed by atoms with Gasteiger partial charge in [-0.25, -0.2) is 8.78 Å². The van der Waals surface area contributed by atoms with Crippen molar-refractivity contribution in [3.05, 3.63) is 0 Å². The first kappa shape index (κ1) is 11.3. The smallest absolute Gasteiger partial charge is 0.267 e. The maximum Gasteiger partial charge on any atom is 0.267 e. The number of nitrogens with zero attached hydrogens (tertiary/aromatic N) is 1. The molecular formula is C8H14F2N2O2. The van der Waals surface area contributed by atoms with Gasteiger partial charge in [0, 0.05) is 13.5 Å². The van der Waals surface area contributed by atoms with E-state index >= 15 is 0 Å². The number of methoxy groups -OCH3 is 1. The Hall–Kier alpha value is -0.750. The molecular weight excluding hydrogens is 194 g/mol. The lowest BCUT2D eigenvalue weighted by atomic mass is 10.2. The van der Waals surface area contributed by atoms with Gasteiger partial charge in [-0.05, 0) is 0 Å². The predicted molar refractivity (Wildman–Crippen MR) is 46.0 cm³/mol. The van der Waals surface area contributed by atoms with Crippen LogP contribution >= 0.6 is 0 Å². The summed E-state index contributed by atoms with van der Waals surface area (Å²) in [4.78, 5) is 12.3. The molecule has 1 aliphatic heterocycles. The van der Waals surface area contributed by atoms with Gasteiger partial charge in [-0.2, -0.15) is 0 Å². The summed E-state index contributed by atoms with van der Waals surface area (Å²) < 4.78 is 30.7. The Morgan fingerprint density at radius 2 is 2.36 bits per heavy atom. The second kappa shape index (κ2) is 4.18. The fourth-order valence-corrected chi connectivity index (χ4v) is 1.65. The first-order valence-electron chi connectivity index (χ1n) is 4.36. The van der Waals surface area contributed by atoms with E-state index in [-0.39, 0.29) is 19.6 Å². The third-order valence-electron chi connectivity index (χ3n) is 2.23. The summed E-state index contributed by atoms with van der Waals surface area (Å²) in [6.07, 6.45) is -0.341. The fourth-order valence-electron chi connectivity index (χ4n) is 1.65. The highest BCUT2D eigenvalue weighted by atomic mass is 19.3. The van der Waals surface area contributed by atoms with Gasteiger partial charge >= 0.3 is 0 Å². The number of hydrogen-bond donors (Lipinski definition) is 1. The van der Waals surface area contributed by atoms with Crippen molar-refractivity contribution in [1.29, 1.82) is 0 Å². The van der Waals surface area contributed by atoms with Crippen LogP contribution in [0.15, 0.2) is 0 Å². The SMILES string of the molecule is COC[C@H]1CC(F)(F)CN1C(=O)CN. The zero-order valence-corrected chi connectivity index (χ0v) is 8.00. The van der Waals surface area contributed by atoms with E-state index in [1.54, 1.807) is 0 Å². The maximum absolute atomic E-state index is 13.0. The molecule has 1 fully saturated rings. The van der Waals surface area contributed by atoms with E-state index in [0.717, 1.165) is 4.90 Å². The number of alkyl halides is 2. The molecule has 1 amide bonds. The third-order valence-corrected chi connectivity index (χ3v) is 2.23. The van der Waals surface area contributed by atoms with Gasteiger partial charge < -0.3 is 15.4 Å². The van der Waals surface area contributed by atoms with E-state index in [0.29, 0.717) is 0 Å². The highest BCUT2D eigenvalue weighted by Crippen LogP contribution is 2.31. The lowest BCUT2D eigenvalue weighted by Crippen LogP contribution is -2.42. The Bertz CT molecular complexity index is 223. The molecule has 0 aromatic heterocycles. The maximum atomic E-state index is 13.0. The number of ether oxygens (including phenoxy) is 1. The molecule has 1 heterocycles. The largest absolute Gasteiger partial charge is 0.383 e. The number of carbonyl (C=O) groups excluding carboxylic acids is 1. The Kier molecular flexibility index (Phi) is 3.38. The topological polar surface area (TPSA) is 55.6 Å². The number of nitrogens with two attached hydrogens (primary N) is 1. The molecule has 0 bridgehead atoms. The summed E-state index contributed by atoms with van der Waals surface area (Å²) in [5.74, 6) is -3.27. The van der Waals surface area contributed by atoms with Crippen molar-refractivity contribution in [1.82, 2.24) is 4.90 Å². The molecule has 2 N–H and O–H groups in total. The first-order chi connectivity index (χ1) is 6.50. The van der Waals surface area contributed by atoms with Crippen molar-refractivity contribution in [2.24, 2.45) is 5.73 Å². The lowest BCUT2D eigenvalue weighted by Gasteiger charge is -2.22. The van der Waals surface area contributed by atoms with Crippen molar-refractivity contribution in [2.45, 2.75) is 18.4 Å². The van der Waals surface area contributed by atoms with Gasteiger partial charge in [-0.1, -0.05) is 0 Å².